The standard InChI is InChI=1S/C20H26O5.C2H6/c1-11-12(2)20(25-10-16-9-24-16)19(5-15-8-23-15)18(4-14-7-22-14)17(11)3-13-6-21-13;1-2/h13-16H,3-10H2,1-2H3;1-2H3. The lowest BCUT2D eigenvalue weighted by Gasteiger charge is -2.23. The molecule has 4 aliphatic heterocycles. The van der Waals surface area contributed by atoms with E-state index >= 15 is 0 Å². The minimum absolute atomic E-state index is 0.263. The highest BCUT2D eigenvalue weighted by Crippen LogP contribution is 2.39. The van der Waals surface area contributed by atoms with Crippen LogP contribution in [0, 0.1) is 13.8 Å². The Morgan fingerprint density at radius 2 is 1.11 bits per heavy atom. The van der Waals surface area contributed by atoms with Crippen LogP contribution in [0.4, 0.5) is 0 Å². The summed E-state index contributed by atoms with van der Waals surface area (Å²) in [6.45, 7) is 12.5. The van der Waals surface area contributed by atoms with E-state index in [9.17, 15) is 0 Å². The van der Waals surface area contributed by atoms with Crippen molar-refractivity contribution in [2.75, 3.05) is 33.0 Å². The molecule has 0 saturated carbocycles. The fraction of sp³-hybridized carbons (Fsp3) is 0.727. The van der Waals surface area contributed by atoms with E-state index in [-0.39, 0.29) is 6.10 Å². The van der Waals surface area contributed by atoms with Crippen molar-refractivity contribution >= 4 is 0 Å². The van der Waals surface area contributed by atoms with E-state index in [4.69, 9.17) is 23.7 Å². The lowest BCUT2D eigenvalue weighted by atomic mass is 9.85. The maximum Gasteiger partial charge on any atom is 0.126 e. The summed E-state index contributed by atoms with van der Waals surface area (Å²) >= 11 is 0. The highest BCUT2D eigenvalue weighted by atomic mass is 16.6. The summed E-state index contributed by atoms with van der Waals surface area (Å²) < 4.78 is 28.2. The van der Waals surface area contributed by atoms with Gasteiger partial charge in [0, 0.05) is 24.8 Å². The van der Waals surface area contributed by atoms with Gasteiger partial charge in [-0.15, -0.1) is 0 Å². The van der Waals surface area contributed by atoms with E-state index in [0.717, 1.165) is 51.4 Å². The molecule has 4 heterocycles. The lowest BCUT2D eigenvalue weighted by molar-refractivity contribution is 0.258. The van der Waals surface area contributed by atoms with Gasteiger partial charge in [-0.2, -0.15) is 0 Å². The van der Waals surface area contributed by atoms with Gasteiger partial charge >= 0.3 is 0 Å². The predicted molar refractivity (Wildman–Crippen MR) is 103 cm³/mol. The number of ether oxygens (including phenoxy) is 5. The first-order valence-corrected chi connectivity index (χ1v) is 10.4. The van der Waals surface area contributed by atoms with Crippen molar-refractivity contribution in [3.05, 3.63) is 27.8 Å². The van der Waals surface area contributed by atoms with Gasteiger partial charge < -0.3 is 23.7 Å². The third-order valence-corrected chi connectivity index (χ3v) is 5.68. The summed E-state index contributed by atoms with van der Waals surface area (Å²) in [7, 11) is 0. The second kappa shape index (κ2) is 8.08. The monoisotopic (exact) mass is 376 g/mol. The molecule has 0 aromatic heterocycles. The molecule has 4 unspecified atom stereocenters. The zero-order chi connectivity index (χ0) is 19.0. The predicted octanol–water partition coefficient (Wildman–Crippen LogP) is 2.93. The van der Waals surface area contributed by atoms with Gasteiger partial charge in [-0.3, -0.25) is 0 Å². The van der Waals surface area contributed by atoms with E-state index in [0.29, 0.717) is 24.9 Å². The zero-order valence-corrected chi connectivity index (χ0v) is 17.0. The van der Waals surface area contributed by atoms with E-state index in [2.05, 4.69) is 13.8 Å². The Kier molecular flexibility index (Phi) is 5.74. The number of epoxide rings is 4. The molecule has 1 aromatic rings. The molecule has 150 valence electrons. The first kappa shape index (κ1) is 19.2. The quantitative estimate of drug-likeness (QED) is 0.620. The molecule has 4 aliphatic rings. The molecule has 27 heavy (non-hydrogen) atoms. The van der Waals surface area contributed by atoms with Crippen LogP contribution in [0.3, 0.4) is 0 Å². The smallest absolute Gasteiger partial charge is 0.126 e. The zero-order valence-electron chi connectivity index (χ0n) is 17.0. The van der Waals surface area contributed by atoms with Crippen molar-refractivity contribution in [1.29, 1.82) is 0 Å². The molecule has 5 rings (SSSR count). The van der Waals surface area contributed by atoms with E-state index in [1.165, 1.54) is 27.8 Å². The number of rotatable bonds is 9. The second-order valence-electron chi connectivity index (χ2n) is 7.76. The highest BCUT2D eigenvalue weighted by Gasteiger charge is 2.35. The Morgan fingerprint density at radius 3 is 1.59 bits per heavy atom. The van der Waals surface area contributed by atoms with Crippen molar-refractivity contribution in [2.45, 2.75) is 71.4 Å². The van der Waals surface area contributed by atoms with E-state index in [1.54, 1.807) is 0 Å². The molecule has 0 amide bonds. The van der Waals surface area contributed by atoms with Gasteiger partial charge in [0.05, 0.1) is 44.7 Å². The molecule has 1 aromatic carbocycles. The first-order chi connectivity index (χ1) is 13.2. The summed E-state index contributed by atoms with van der Waals surface area (Å²) in [5.41, 5.74) is 6.80. The lowest BCUT2D eigenvalue weighted by Crippen LogP contribution is -2.16. The van der Waals surface area contributed by atoms with Gasteiger partial charge in [0.15, 0.2) is 0 Å². The Morgan fingerprint density at radius 1 is 0.667 bits per heavy atom. The Balaban J connectivity index is 0.000000872. The van der Waals surface area contributed by atoms with Crippen molar-refractivity contribution in [2.24, 2.45) is 0 Å². The Labute approximate surface area is 162 Å². The molecule has 0 spiro atoms. The largest absolute Gasteiger partial charge is 0.490 e. The van der Waals surface area contributed by atoms with E-state index in [1.807, 2.05) is 13.8 Å². The third-order valence-electron chi connectivity index (χ3n) is 5.68. The van der Waals surface area contributed by atoms with Crippen molar-refractivity contribution in [3.8, 4) is 5.75 Å². The topological polar surface area (TPSA) is 59.4 Å². The molecule has 4 fully saturated rings. The van der Waals surface area contributed by atoms with Crippen LogP contribution < -0.4 is 4.74 Å². The molecule has 0 bridgehead atoms. The van der Waals surface area contributed by atoms with Crippen LogP contribution in [0.15, 0.2) is 0 Å². The molecule has 5 nitrogen and oxygen atoms in total. The number of hydrogen-bond donors (Lipinski definition) is 0. The molecule has 0 N–H and O–H groups in total. The van der Waals surface area contributed by atoms with Gasteiger partial charge in [0.2, 0.25) is 0 Å². The maximum atomic E-state index is 6.27. The van der Waals surface area contributed by atoms with Crippen molar-refractivity contribution in [3.63, 3.8) is 0 Å². The summed E-state index contributed by atoms with van der Waals surface area (Å²) in [5, 5.41) is 0. The molecule has 4 saturated heterocycles. The summed E-state index contributed by atoms with van der Waals surface area (Å²) in [4.78, 5) is 0. The number of hydrogen-bond acceptors (Lipinski definition) is 5. The van der Waals surface area contributed by atoms with Gasteiger partial charge in [-0.05, 0) is 36.1 Å². The van der Waals surface area contributed by atoms with Crippen LogP contribution in [-0.4, -0.2) is 57.5 Å². The molecule has 4 atom stereocenters. The second-order valence-corrected chi connectivity index (χ2v) is 7.76. The van der Waals surface area contributed by atoms with Gasteiger partial charge in [-0.1, -0.05) is 13.8 Å². The minimum atomic E-state index is 0.263. The number of benzene rings is 1. The van der Waals surface area contributed by atoms with Crippen LogP contribution in [0.5, 0.6) is 5.75 Å². The summed E-state index contributed by atoms with van der Waals surface area (Å²) in [6, 6.07) is 0. The molecule has 0 radical (unpaired) electrons. The fourth-order valence-electron chi connectivity index (χ4n) is 3.68. The summed E-state index contributed by atoms with van der Waals surface area (Å²) in [6.07, 6.45) is 4.25. The Bertz CT molecular complexity index is 670. The minimum Gasteiger partial charge on any atom is -0.490 e. The van der Waals surface area contributed by atoms with Crippen LogP contribution in [0.25, 0.3) is 0 Å². The van der Waals surface area contributed by atoms with Crippen LogP contribution in [-0.2, 0) is 38.2 Å². The SMILES string of the molecule is CC.Cc1c(C)c(OCC2CO2)c(CC2CO2)c(CC2CO2)c1CC1CO1. The normalized spacial score (nSPS) is 29.6. The molecular formula is C22H32O5. The first-order valence-electron chi connectivity index (χ1n) is 10.4. The fourth-order valence-corrected chi connectivity index (χ4v) is 3.68. The van der Waals surface area contributed by atoms with Gasteiger partial charge in [-0.25, -0.2) is 0 Å². The molecular weight excluding hydrogens is 344 g/mol. The average molecular weight is 376 g/mol. The van der Waals surface area contributed by atoms with Crippen molar-refractivity contribution < 1.29 is 23.7 Å². The van der Waals surface area contributed by atoms with Crippen LogP contribution in [0.1, 0.15) is 41.7 Å². The molecule has 5 heteroatoms. The summed E-state index contributed by atoms with van der Waals surface area (Å²) in [5.74, 6) is 1.06. The third kappa shape index (κ3) is 4.83. The van der Waals surface area contributed by atoms with Gasteiger partial charge in [0.25, 0.3) is 0 Å². The maximum absolute atomic E-state index is 6.27. The average Bonchev–Trinajstić information content (AvgIpc) is 3.49. The van der Waals surface area contributed by atoms with Gasteiger partial charge in [0.1, 0.15) is 18.5 Å². The molecule has 0 aliphatic carbocycles. The van der Waals surface area contributed by atoms with Crippen LogP contribution >= 0.6 is 0 Å². The van der Waals surface area contributed by atoms with Crippen molar-refractivity contribution in [1.82, 2.24) is 0 Å². The Hall–Kier alpha value is -1.14. The van der Waals surface area contributed by atoms with Crippen LogP contribution in [0.2, 0.25) is 0 Å². The van der Waals surface area contributed by atoms with E-state index < -0.39 is 0 Å². The highest BCUT2D eigenvalue weighted by molar-refractivity contribution is 5.56.